The van der Waals surface area contributed by atoms with Crippen molar-refractivity contribution in [2.75, 3.05) is 26.8 Å². The van der Waals surface area contributed by atoms with E-state index in [9.17, 15) is 0 Å². The molecule has 1 aromatic rings. The van der Waals surface area contributed by atoms with E-state index in [4.69, 9.17) is 16.3 Å². The third-order valence-corrected chi connectivity index (χ3v) is 3.40. The van der Waals surface area contributed by atoms with Crippen LogP contribution in [-0.4, -0.2) is 32.8 Å². The van der Waals surface area contributed by atoms with Gasteiger partial charge >= 0.3 is 0 Å². The lowest BCUT2D eigenvalue weighted by atomic mass is 10.2. The summed E-state index contributed by atoms with van der Waals surface area (Å²) in [7, 11) is 1.74. The van der Waals surface area contributed by atoms with Crippen molar-refractivity contribution >= 4 is 41.5 Å². The van der Waals surface area contributed by atoms with E-state index in [1.165, 1.54) is 0 Å². The molecule has 0 aromatic heterocycles. The maximum Gasteiger partial charge on any atom is 0.191 e. The van der Waals surface area contributed by atoms with Crippen LogP contribution in [0.1, 0.15) is 31.7 Å². The number of benzene rings is 1. The fourth-order valence-electron chi connectivity index (χ4n) is 1.89. The summed E-state index contributed by atoms with van der Waals surface area (Å²) >= 11 is 6.14. The van der Waals surface area contributed by atoms with E-state index in [0.29, 0.717) is 6.54 Å². The minimum Gasteiger partial charge on any atom is -0.385 e. The second-order valence-electron chi connectivity index (χ2n) is 4.77. The van der Waals surface area contributed by atoms with Crippen molar-refractivity contribution in [3.05, 3.63) is 34.9 Å². The molecule has 0 unspecified atom stereocenters. The van der Waals surface area contributed by atoms with E-state index < -0.39 is 0 Å². The lowest BCUT2D eigenvalue weighted by molar-refractivity contribution is 0.192. The van der Waals surface area contributed by atoms with Gasteiger partial charge in [0.05, 0.1) is 6.54 Å². The van der Waals surface area contributed by atoms with E-state index >= 15 is 0 Å². The van der Waals surface area contributed by atoms with Crippen molar-refractivity contribution in [3.63, 3.8) is 0 Å². The molecule has 6 heteroatoms. The number of nitrogens with zero attached hydrogens (tertiary/aromatic N) is 1. The van der Waals surface area contributed by atoms with Crippen molar-refractivity contribution in [2.24, 2.45) is 4.99 Å². The van der Waals surface area contributed by atoms with E-state index in [1.54, 1.807) is 7.11 Å². The second kappa shape index (κ2) is 14.1. The first-order valence-corrected chi connectivity index (χ1v) is 7.90. The SMILES string of the molecule is CCNC(=NCc1ccccc1Cl)NCCCCCOC.I. The van der Waals surface area contributed by atoms with Gasteiger partial charge in [0.25, 0.3) is 0 Å². The summed E-state index contributed by atoms with van der Waals surface area (Å²) in [5.41, 5.74) is 1.04. The number of methoxy groups -OCH3 is 1. The molecule has 1 rings (SSSR count). The Morgan fingerprint density at radius 3 is 2.64 bits per heavy atom. The Bertz CT molecular complexity index is 430. The van der Waals surface area contributed by atoms with Gasteiger partial charge in [0, 0.05) is 31.8 Å². The van der Waals surface area contributed by atoms with Gasteiger partial charge in [-0.05, 0) is 37.8 Å². The van der Waals surface area contributed by atoms with Crippen LogP contribution in [0.15, 0.2) is 29.3 Å². The molecular weight excluding hydrogens is 413 g/mol. The topological polar surface area (TPSA) is 45.7 Å². The Morgan fingerprint density at radius 1 is 1.18 bits per heavy atom. The quantitative estimate of drug-likeness (QED) is 0.266. The largest absolute Gasteiger partial charge is 0.385 e. The van der Waals surface area contributed by atoms with Crippen molar-refractivity contribution in [2.45, 2.75) is 32.7 Å². The monoisotopic (exact) mass is 439 g/mol. The van der Waals surface area contributed by atoms with Crippen molar-refractivity contribution in [3.8, 4) is 0 Å². The summed E-state index contributed by atoms with van der Waals surface area (Å²) in [5.74, 6) is 0.837. The highest BCUT2D eigenvalue weighted by Gasteiger charge is 2.00. The van der Waals surface area contributed by atoms with Gasteiger partial charge in [-0.1, -0.05) is 29.8 Å². The summed E-state index contributed by atoms with van der Waals surface area (Å²) in [6.45, 7) is 5.24. The molecule has 0 saturated heterocycles. The molecule has 4 nitrogen and oxygen atoms in total. The molecule has 0 saturated carbocycles. The molecule has 1 aromatic carbocycles. The van der Waals surface area contributed by atoms with Crippen LogP contribution < -0.4 is 10.6 Å². The molecule has 0 aliphatic carbocycles. The van der Waals surface area contributed by atoms with Gasteiger partial charge in [0.15, 0.2) is 5.96 Å². The van der Waals surface area contributed by atoms with E-state index in [-0.39, 0.29) is 24.0 Å². The standard InChI is InChI=1S/C16H26ClN3O.HI/c1-3-18-16(19-11-7-4-8-12-21-2)20-13-14-9-5-6-10-15(14)17;/h5-6,9-10H,3-4,7-8,11-13H2,1-2H3,(H2,18,19,20);1H. The van der Waals surface area contributed by atoms with Crippen LogP contribution >= 0.6 is 35.6 Å². The van der Waals surface area contributed by atoms with Crippen LogP contribution in [0.2, 0.25) is 5.02 Å². The first-order chi connectivity index (χ1) is 10.3. The van der Waals surface area contributed by atoms with Crippen LogP contribution in [0.25, 0.3) is 0 Å². The van der Waals surface area contributed by atoms with E-state index in [1.807, 2.05) is 24.3 Å². The Labute approximate surface area is 156 Å². The number of hydrogen-bond acceptors (Lipinski definition) is 2. The lowest BCUT2D eigenvalue weighted by Gasteiger charge is -2.11. The highest BCUT2D eigenvalue weighted by atomic mass is 127. The normalized spacial score (nSPS) is 11.0. The Balaban J connectivity index is 0.00000441. The summed E-state index contributed by atoms with van der Waals surface area (Å²) in [5, 5.41) is 7.35. The fraction of sp³-hybridized carbons (Fsp3) is 0.562. The van der Waals surface area contributed by atoms with Crippen LogP contribution in [-0.2, 0) is 11.3 Å². The number of ether oxygens (including phenoxy) is 1. The van der Waals surface area contributed by atoms with Gasteiger partial charge in [0.2, 0.25) is 0 Å². The van der Waals surface area contributed by atoms with Gasteiger partial charge in [0.1, 0.15) is 0 Å². The number of halogens is 2. The van der Waals surface area contributed by atoms with Gasteiger partial charge in [-0.25, -0.2) is 4.99 Å². The Kier molecular flexibility index (Phi) is 13.7. The molecule has 126 valence electrons. The number of nitrogens with one attached hydrogen (secondary N) is 2. The van der Waals surface area contributed by atoms with Gasteiger partial charge in [-0.15, -0.1) is 24.0 Å². The molecule has 2 N–H and O–H groups in total. The summed E-state index contributed by atoms with van der Waals surface area (Å²) in [6, 6.07) is 7.80. The zero-order chi connectivity index (χ0) is 15.3. The van der Waals surface area contributed by atoms with E-state index in [2.05, 4.69) is 22.5 Å². The average Bonchev–Trinajstić information content (AvgIpc) is 2.49. The van der Waals surface area contributed by atoms with Gasteiger partial charge in [-0.2, -0.15) is 0 Å². The molecule has 0 spiro atoms. The zero-order valence-electron chi connectivity index (χ0n) is 13.4. The van der Waals surface area contributed by atoms with Crippen molar-refractivity contribution in [1.29, 1.82) is 0 Å². The van der Waals surface area contributed by atoms with Crippen LogP contribution in [0.4, 0.5) is 0 Å². The average molecular weight is 440 g/mol. The highest BCUT2D eigenvalue weighted by Crippen LogP contribution is 2.15. The third kappa shape index (κ3) is 9.48. The third-order valence-electron chi connectivity index (χ3n) is 3.03. The summed E-state index contributed by atoms with van der Waals surface area (Å²) < 4.78 is 5.04. The Morgan fingerprint density at radius 2 is 1.95 bits per heavy atom. The molecule has 0 fully saturated rings. The minimum absolute atomic E-state index is 0. The lowest BCUT2D eigenvalue weighted by Crippen LogP contribution is -2.37. The summed E-state index contributed by atoms with van der Waals surface area (Å²) in [6.07, 6.45) is 3.37. The van der Waals surface area contributed by atoms with Crippen LogP contribution in [0.5, 0.6) is 0 Å². The Hall–Kier alpha value is -0.530. The smallest absolute Gasteiger partial charge is 0.191 e. The maximum absolute atomic E-state index is 6.14. The highest BCUT2D eigenvalue weighted by molar-refractivity contribution is 14.0. The number of aliphatic imine (C=N–C) groups is 1. The van der Waals surface area contributed by atoms with Gasteiger partial charge in [-0.3, -0.25) is 0 Å². The van der Waals surface area contributed by atoms with E-state index in [0.717, 1.165) is 55.5 Å². The molecule has 0 radical (unpaired) electrons. The molecular formula is C16H27ClIN3O. The molecule has 0 bridgehead atoms. The predicted molar refractivity (Wildman–Crippen MR) is 105 cm³/mol. The predicted octanol–water partition coefficient (Wildman–Crippen LogP) is 3.83. The molecule has 0 amide bonds. The number of unbranched alkanes of at least 4 members (excludes halogenated alkanes) is 2. The molecule has 0 aliphatic rings. The minimum atomic E-state index is 0. The van der Waals surface area contributed by atoms with Crippen molar-refractivity contribution in [1.82, 2.24) is 10.6 Å². The number of guanidine groups is 1. The molecule has 0 atom stereocenters. The molecule has 22 heavy (non-hydrogen) atoms. The molecule has 0 aliphatic heterocycles. The molecule has 0 heterocycles. The number of hydrogen-bond donors (Lipinski definition) is 2. The fourth-order valence-corrected chi connectivity index (χ4v) is 2.08. The maximum atomic E-state index is 6.14. The number of rotatable bonds is 9. The van der Waals surface area contributed by atoms with Crippen LogP contribution in [0, 0.1) is 0 Å². The second-order valence-corrected chi connectivity index (χ2v) is 5.17. The first-order valence-electron chi connectivity index (χ1n) is 7.52. The van der Waals surface area contributed by atoms with Crippen molar-refractivity contribution < 1.29 is 4.74 Å². The first kappa shape index (κ1) is 21.5. The van der Waals surface area contributed by atoms with Gasteiger partial charge < -0.3 is 15.4 Å². The summed E-state index contributed by atoms with van der Waals surface area (Å²) in [4.78, 5) is 4.56. The van der Waals surface area contributed by atoms with Crippen LogP contribution in [0.3, 0.4) is 0 Å². The zero-order valence-corrected chi connectivity index (χ0v) is 16.5.